The van der Waals surface area contributed by atoms with E-state index in [4.69, 9.17) is 0 Å². The van der Waals surface area contributed by atoms with Gasteiger partial charge in [0.05, 0.1) is 28.5 Å². The highest BCUT2D eigenvalue weighted by atomic mass is 16.6. The molecule has 0 atom stereocenters. The number of aromatic amines is 1. The van der Waals surface area contributed by atoms with Crippen LogP contribution >= 0.6 is 0 Å². The third kappa shape index (κ3) is 1.29. The second-order valence-electron chi connectivity index (χ2n) is 3.56. The van der Waals surface area contributed by atoms with Gasteiger partial charge in [0, 0.05) is 12.1 Å². The van der Waals surface area contributed by atoms with Crippen LogP contribution in [0.1, 0.15) is 0 Å². The summed E-state index contributed by atoms with van der Waals surface area (Å²) in [6.45, 7) is 0. The number of imidazole rings is 1. The molecular formula is C10H6N4O3. The van der Waals surface area contributed by atoms with E-state index in [-0.39, 0.29) is 11.2 Å². The van der Waals surface area contributed by atoms with Crippen LogP contribution in [-0.4, -0.2) is 19.3 Å². The minimum Gasteiger partial charge on any atom is -0.319 e. The maximum absolute atomic E-state index is 11.6. The summed E-state index contributed by atoms with van der Waals surface area (Å²) in [6, 6.07) is 4.30. The fourth-order valence-corrected chi connectivity index (χ4v) is 1.79. The average molecular weight is 230 g/mol. The van der Waals surface area contributed by atoms with Crippen molar-refractivity contribution in [3.05, 3.63) is 51.2 Å². The zero-order chi connectivity index (χ0) is 12.0. The predicted molar refractivity (Wildman–Crippen MR) is 60.0 cm³/mol. The smallest absolute Gasteiger partial charge is 0.274 e. The molecule has 0 bridgehead atoms. The fraction of sp³-hybridized carbons (Fsp3) is 0. The number of nitrogens with one attached hydrogen (secondary N) is 1. The Balaban J connectivity index is 2.50. The van der Waals surface area contributed by atoms with Crippen molar-refractivity contribution in [2.45, 2.75) is 0 Å². The van der Waals surface area contributed by atoms with E-state index < -0.39 is 4.92 Å². The first kappa shape index (κ1) is 9.52. The standard InChI is InChI=1S/C10H6N4O3/c15-10-9-4-11-5-13(9)8-2-1-6(14(16)17)3-7(8)12-10/h1-5H,(H,12,15). The van der Waals surface area contributed by atoms with Crippen molar-refractivity contribution in [1.82, 2.24) is 14.4 Å². The summed E-state index contributed by atoms with van der Waals surface area (Å²) < 4.78 is 1.60. The summed E-state index contributed by atoms with van der Waals surface area (Å²) in [7, 11) is 0. The van der Waals surface area contributed by atoms with E-state index in [1.54, 1.807) is 10.5 Å². The van der Waals surface area contributed by atoms with Gasteiger partial charge < -0.3 is 4.98 Å². The zero-order valence-corrected chi connectivity index (χ0v) is 8.45. The molecule has 0 aliphatic carbocycles. The summed E-state index contributed by atoms with van der Waals surface area (Å²) in [4.78, 5) is 28.3. The molecule has 0 saturated heterocycles. The second-order valence-corrected chi connectivity index (χ2v) is 3.56. The molecule has 0 aliphatic rings. The van der Waals surface area contributed by atoms with Gasteiger partial charge in [-0.25, -0.2) is 4.98 Å². The van der Waals surface area contributed by atoms with E-state index in [1.165, 1.54) is 24.7 Å². The van der Waals surface area contributed by atoms with Gasteiger partial charge in [0.15, 0.2) is 0 Å². The Kier molecular flexibility index (Phi) is 1.76. The van der Waals surface area contributed by atoms with E-state index in [0.717, 1.165) is 0 Å². The number of non-ortho nitro benzene ring substituents is 1. The lowest BCUT2D eigenvalue weighted by Gasteiger charge is -2.01. The van der Waals surface area contributed by atoms with Gasteiger partial charge in [0.1, 0.15) is 5.52 Å². The number of hydrogen-bond acceptors (Lipinski definition) is 4. The summed E-state index contributed by atoms with van der Waals surface area (Å²) in [5, 5.41) is 10.6. The van der Waals surface area contributed by atoms with Crippen LogP contribution in [-0.2, 0) is 0 Å². The van der Waals surface area contributed by atoms with Gasteiger partial charge in [-0.3, -0.25) is 19.3 Å². The van der Waals surface area contributed by atoms with E-state index >= 15 is 0 Å². The lowest BCUT2D eigenvalue weighted by atomic mass is 10.2. The maximum atomic E-state index is 11.6. The Morgan fingerprint density at radius 1 is 1.35 bits per heavy atom. The largest absolute Gasteiger partial charge is 0.319 e. The normalized spacial score (nSPS) is 11.1. The SMILES string of the molecule is O=c1[nH]c2cc([N+](=O)[O-])ccc2n2cncc12. The predicted octanol–water partition coefficient (Wildman–Crippen LogP) is 1.08. The van der Waals surface area contributed by atoms with E-state index in [2.05, 4.69) is 9.97 Å². The first-order valence-corrected chi connectivity index (χ1v) is 4.79. The van der Waals surface area contributed by atoms with E-state index in [1.807, 2.05) is 0 Å². The van der Waals surface area contributed by atoms with Crippen molar-refractivity contribution >= 4 is 22.2 Å². The van der Waals surface area contributed by atoms with Crippen molar-refractivity contribution in [3.63, 3.8) is 0 Å². The number of hydrogen-bond donors (Lipinski definition) is 1. The van der Waals surface area contributed by atoms with Crippen LogP contribution in [0.25, 0.3) is 16.6 Å². The van der Waals surface area contributed by atoms with E-state index in [0.29, 0.717) is 16.6 Å². The third-order valence-corrected chi connectivity index (χ3v) is 2.57. The molecular weight excluding hydrogens is 224 g/mol. The Morgan fingerprint density at radius 3 is 2.94 bits per heavy atom. The second kappa shape index (κ2) is 3.14. The van der Waals surface area contributed by atoms with Crippen LogP contribution in [0.4, 0.5) is 5.69 Å². The van der Waals surface area contributed by atoms with Gasteiger partial charge >= 0.3 is 0 Å². The monoisotopic (exact) mass is 230 g/mol. The van der Waals surface area contributed by atoms with Gasteiger partial charge in [0.2, 0.25) is 0 Å². The summed E-state index contributed by atoms with van der Waals surface area (Å²) in [5.41, 5.74) is 1.10. The van der Waals surface area contributed by atoms with Crippen molar-refractivity contribution in [2.24, 2.45) is 0 Å². The van der Waals surface area contributed by atoms with Crippen molar-refractivity contribution in [3.8, 4) is 0 Å². The molecule has 0 amide bonds. The van der Waals surface area contributed by atoms with Crippen LogP contribution in [0.5, 0.6) is 0 Å². The van der Waals surface area contributed by atoms with Gasteiger partial charge in [0.25, 0.3) is 11.2 Å². The molecule has 2 aromatic heterocycles. The lowest BCUT2D eigenvalue weighted by Crippen LogP contribution is -2.09. The fourth-order valence-electron chi connectivity index (χ4n) is 1.79. The van der Waals surface area contributed by atoms with Crippen LogP contribution in [0.2, 0.25) is 0 Å². The number of nitrogens with zero attached hydrogens (tertiary/aromatic N) is 3. The number of fused-ring (bicyclic) bond motifs is 3. The van der Waals surface area contributed by atoms with Gasteiger partial charge in [-0.1, -0.05) is 0 Å². The molecule has 84 valence electrons. The number of nitro benzene ring substituents is 1. The van der Waals surface area contributed by atoms with Crippen molar-refractivity contribution in [1.29, 1.82) is 0 Å². The van der Waals surface area contributed by atoms with Gasteiger partial charge in [-0.05, 0) is 6.07 Å². The molecule has 1 aromatic carbocycles. The summed E-state index contributed by atoms with van der Waals surface area (Å²) >= 11 is 0. The van der Waals surface area contributed by atoms with Crippen molar-refractivity contribution in [2.75, 3.05) is 0 Å². The topological polar surface area (TPSA) is 93.3 Å². The highest BCUT2D eigenvalue weighted by molar-refractivity contribution is 5.80. The first-order valence-electron chi connectivity index (χ1n) is 4.79. The molecule has 7 nitrogen and oxygen atoms in total. The number of aromatic nitrogens is 3. The molecule has 3 aromatic rings. The van der Waals surface area contributed by atoms with Crippen LogP contribution in [0.15, 0.2) is 35.5 Å². The Hall–Kier alpha value is -2.70. The number of nitro groups is 1. The third-order valence-electron chi connectivity index (χ3n) is 2.57. The molecule has 0 fully saturated rings. The average Bonchev–Trinajstić information content (AvgIpc) is 2.78. The van der Waals surface area contributed by atoms with Crippen LogP contribution in [0.3, 0.4) is 0 Å². The lowest BCUT2D eigenvalue weighted by molar-refractivity contribution is -0.384. The molecule has 0 unspecified atom stereocenters. The Labute approximate surface area is 93.5 Å². The summed E-state index contributed by atoms with van der Waals surface area (Å²) in [6.07, 6.45) is 2.94. The quantitative estimate of drug-likeness (QED) is 0.500. The Bertz CT molecular complexity index is 802. The van der Waals surface area contributed by atoms with Crippen LogP contribution < -0.4 is 5.56 Å². The molecule has 17 heavy (non-hydrogen) atoms. The number of rotatable bonds is 1. The van der Waals surface area contributed by atoms with Crippen molar-refractivity contribution < 1.29 is 4.92 Å². The maximum Gasteiger partial charge on any atom is 0.274 e. The molecule has 2 heterocycles. The van der Waals surface area contributed by atoms with Gasteiger partial charge in [-0.2, -0.15) is 0 Å². The molecule has 0 saturated carbocycles. The highest BCUT2D eigenvalue weighted by Crippen LogP contribution is 2.18. The molecule has 0 aliphatic heterocycles. The first-order chi connectivity index (χ1) is 8.16. The number of benzene rings is 1. The summed E-state index contributed by atoms with van der Waals surface area (Å²) in [5.74, 6) is 0. The molecule has 1 N–H and O–H groups in total. The van der Waals surface area contributed by atoms with Crippen LogP contribution in [0, 0.1) is 10.1 Å². The number of H-pyrrole nitrogens is 1. The minimum absolute atomic E-state index is 0.0624. The zero-order valence-electron chi connectivity index (χ0n) is 8.45. The molecule has 0 spiro atoms. The van der Waals surface area contributed by atoms with Gasteiger partial charge in [-0.15, -0.1) is 0 Å². The molecule has 7 heteroatoms. The Morgan fingerprint density at radius 2 is 2.18 bits per heavy atom. The minimum atomic E-state index is -0.504. The highest BCUT2D eigenvalue weighted by Gasteiger charge is 2.10. The molecule has 3 rings (SSSR count). The van der Waals surface area contributed by atoms with E-state index in [9.17, 15) is 14.9 Å². The molecule has 0 radical (unpaired) electrons.